The fraction of sp³-hybridized carbons (Fsp3) is 0.562. The molecule has 0 heterocycles. The molecule has 3 N–H and O–H groups in total. The number of nitrogens with one attached hydrogen (secondary N) is 2. The van der Waals surface area contributed by atoms with Gasteiger partial charge in [0.25, 0.3) is 0 Å². The van der Waals surface area contributed by atoms with Crippen molar-refractivity contribution in [2.24, 2.45) is 11.3 Å². The summed E-state index contributed by atoms with van der Waals surface area (Å²) in [6.07, 6.45) is -0.495. The van der Waals surface area contributed by atoms with Gasteiger partial charge in [-0.2, -0.15) is 0 Å². The lowest BCUT2D eigenvalue weighted by atomic mass is 9.82. The van der Waals surface area contributed by atoms with Crippen LogP contribution in [0.3, 0.4) is 0 Å². The Kier molecular flexibility index (Phi) is 5.57. The first kappa shape index (κ1) is 16.5. The Bertz CT molecular complexity index is 433. The Morgan fingerprint density at radius 1 is 1.20 bits per heavy atom. The summed E-state index contributed by atoms with van der Waals surface area (Å²) in [7, 11) is 0. The van der Waals surface area contributed by atoms with Gasteiger partial charge < -0.3 is 15.7 Å². The van der Waals surface area contributed by atoms with E-state index in [1.807, 2.05) is 0 Å². The molecule has 0 aliphatic heterocycles. The number of anilines is 1. The van der Waals surface area contributed by atoms with Gasteiger partial charge in [0.15, 0.2) is 0 Å². The number of aliphatic hydroxyl groups is 1. The number of carbonyl (C=O) groups excluding carboxylic acids is 1. The molecule has 2 unspecified atom stereocenters. The van der Waals surface area contributed by atoms with Crippen molar-refractivity contribution < 1.29 is 9.90 Å². The summed E-state index contributed by atoms with van der Waals surface area (Å²) in [6, 6.07) is 6.98. The van der Waals surface area contributed by atoms with Crippen LogP contribution in [0.4, 0.5) is 10.5 Å². The highest BCUT2D eigenvalue weighted by molar-refractivity contribution is 5.89. The third-order valence-corrected chi connectivity index (χ3v) is 3.70. The van der Waals surface area contributed by atoms with Crippen molar-refractivity contribution in [3.63, 3.8) is 0 Å². The average Bonchev–Trinajstić information content (AvgIpc) is 2.35. The predicted molar refractivity (Wildman–Crippen MR) is 82.7 cm³/mol. The summed E-state index contributed by atoms with van der Waals surface area (Å²) in [5, 5.41) is 15.1. The summed E-state index contributed by atoms with van der Waals surface area (Å²) < 4.78 is 0. The minimum atomic E-state index is -0.495. The van der Waals surface area contributed by atoms with Crippen molar-refractivity contribution in [3.05, 3.63) is 29.8 Å². The van der Waals surface area contributed by atoms with Gasteiger partial charge in [-0.1, -0.05) is 39.8 Å². The molecule has 2 atom stereocenters. The molecule has 1 aromatic rings. The molecular weight excluding hydrogens is 252 g/mol. The van der Waals surface area contributed by atoms with Gasteiger partial charge in [-0.3, -0.25) is 0 Å². The Labute approximate surface area is 121 Å². The molecule has 20 heavy (non-hydrogen) atoms. The van der Waals surface area contributed by atoms with Crippen molar-refractivity contribution in [2.75, 3.05) is 11.9 Å². The van der Waals surface area contributed by atoms with E-state index in [0.717, 1.165) is 11.3 Å². The number of rotatable bonds is 4. The molecule has 2 amide bonds. The molecule has 0 fully saturated rings. The van der Waals surface area contributed by atoms with E-state index in [1.54, 1.807) is 31.2 Å². The Morgan fingerprint density at radius 2 is 1.75 bits per heavy atom. The van der Waals surface area contributed by atoms with E-state index >= 15 is 0 Å². The van der Waals surface area contributed by atoms with Crippen LogP contribution in [0.1, 0.15) is 46.3 Å². The number of carbonyl (C=O) groups is 1. The van der Waals surface area contributed by atoms with Crippen LogP contribution in [0.15, 0.2) is 24.3 Å². The lowest BCUT2D eigenvalue weighted by Gasteiger charge is -2.27. The third-order valence-electron chi connectivity index (χ3n) is 3.70. The van der Waals surface area contributed by atoms with E-state index < -0.39 is 6.10 Å². The largest absolute Gasteiger partial charge is 0.389 e. The lowest BCUT2D eigenvalue weighted by Crippen LogP contribution is -2.36. The predicted octanol–water partition coefficient (Wildman–Crippen LogP) is 3.54. The number of hydrogen-bond acceptors (Lipinski definition) is 2. The number of amides is 2. The van der Waals surface area contributed by atoms with Crippen molar-refractivity contribution in [3.8, 4) is 0 Å². The van der Waals surface area contributed by atoms with Crippen LogP contribution in [0.5, 0.6) is 0 Å². The molecule has 0 bridgehead atoms. The zero-order chi connectivity index (χ0) is 15.3. The summed E-state index contributed by atoms with van der Waals surface area (Å²) in [4.78, 5) is 11.8. The highest BCUT2D eigenvalue weighted by Crippen LogP contribution is 2.24. The van der Waals surface area contributed by atoms with Gasteiger partial charge in [-0.15, -0.1) is 0 Å². The van der Waals surface area contributed by atoms with Gasteiger partial charge in [-0.25, -0.2) is 4.79 Å². The first-order chi connectivity index (χ1) is 9.20. The van der Waals surface area contributed by atoms with E-state index in [1.165, 1.54) is 0 Å². The van der Waals surface area contributed by atoms with Gasteiger partial charge in [0.1, 0.15) is 0 Å². The van der Waals surface area contributed by atoms with E-state index in [9.17, 15) is 9.90 Å². The average molecular weight is 278 g/mol. The molecule has 112 valence electrons. The number of benzene rings is 1. The molecule has 1 rings (SSSR count). The minimum absolute atomic E-state index is 0.173. The molecule has 0 radical (unpaired) electrons. The van der Waals surface area contributed by atoms with Crippen molar-refractivity contribution in [1.29, 1.82) is 0 Å². The second kappa shape index (κ2) is 6.75. The van der Waals surface area contributed by atoms with E-state index in [4.69, 9.17) is 0 Å². The fourth-order valence-corrected chi connectivity index (χ4v) is 1.57. The Balaban J connectivity index is 2.46. The topological polar surface area (TPSA) is 61.4 Å². The summed E-state index contributed by atoms with van der Waals surface area (Å²) in [5.74, 6) is 0.394. The number of aliphatic hydroxyl groups excluding tert-OH is 1. The number of hydrogen-bond donors (Lipinski definition) is 3. The first-order valence-electron chi connectivity index (χ1n) is 7.03. The quantitative estimate of drug-likeness (QED) is 0.789. The Hall–Kier alpha value is -1.55. The molecule has 0 spiro atoms. The van der Waals surface area contributed by atoms with Crippen molar-refractivity contribution in [1.82, 2.24) is 5.32 Å². The molecular formula is C16H26N2O2. The van der Waals surface area contributed by atoms with Crippen molar-refractivity contribution in [2.45, 2.75) is 40.7 Å². The highest BCUT2D eigenvalue weighted by Gasteiger charge is 2.20. The zero-order valence-electron chi connectivity index (χ0n) is 13.0. The summed E-state index contributed by atoms with van der Waals surface area (Å²) in [6.45, 7) is 11.0. The minimum Gasteiger partial charge on any atom is -0.389 e. The molecule has 4 nitrogen and oxygen atoms in total. The van der Waals surface area contributed by atoms with Crippen LogP contribution in [-0.4, -0.2) is 17.7 Å². The monoisotopic (exact) mass is 278 g/mol. The van der Waals surface area contributed by atoms with Crippen LogP contribution in [0, 0.1) is 11.3 Å². The second-order valence-corrected chi connectivity index (χ2v) is 6.40. The van der Waals surface area contributed by atoms with E-state index in [0.29, 0.717) is 12.5 Å². The normalized spacial score (nSPS) is 14.5. The van der Waals surface area contributed by atoms with Crippen LogP contribution in [0.25, 0.3) is 0 Å². The van der Waals surface area contributed by atoms with Crippen LogP contribution >= 0.6 is 0 Å². The standard InChI is InChI=1S/C16H26N2O2/c1-11(16(3,4)5)10-17-15(20)18-14-8-6-13(7-9-14)12(2)19/h6-9,11-12,19H,10H2,1-5H3,(H2,17,18,20). The van der Waals surface area contributed by atoms with Crippen LogP contribution in [0.2, 0.25) is 0 Å². The maximum absolute atomic E-state index is 11.8. The molecule has 0 aliphatic rings. The van der Waals surface area contributed by atoms with Crippen molar-refractivity contribution >= 4 is 11.7 Å². The summed E-state index contributed by atoms with van der Waals surface area (Å²) >= 11 is 0. The smallest absolute Gasteiger partial charge is 0.319 e. The number of urea groups is 1. The summed E-state index contributed by atoms with van der Waals surface area (Å²) in [5.41, 5.74) is 1.72. The van der Waals surface area contributed by atoms with Gasteiger partial charge >= 0.3 is 6.03 Å². The third kappa shape index (κ3) is 5.21. The molecule has 0 saturated heterocycles. The SMILES string of the molecule is CC(O)c1ccc(NC(=O)NCC(C)C(C)(C)C)cc1. The van der Waals surface area contributed by atoms with Gasteiger partial charge in [0, 0.05) is 12.2 Å². The maximum atomic E-state index is 11.8. The van der Waals surface area contributed by atoms with Gasteiger partial charge in [-0.05, 0) is 36.0 Å². The van der Waals surface area contributed by atoms with E-state index in [2.05, 4.69) is 38.3 Å². The molecule has 0 aliphatic carbocycles. The zero-order valence-corrected chi connectivity index (χ0v) is 13.0. The molecule has 1 aromatic carbocycles. The van der Waals surface area contributed by atoms with Crippen LogP contribution < -0.4 is 10.6 Å². The Morgan fingerprint density at radius 3 is 2.20 bits per heavy atom. The molecule has 0 saturated carbocycles. The lowest BCUT2D eigenvalue weighted by molar-refractivity contribution is 0.199. The van der Waals surface area contributed by atoms with Gasteiger partial charge in [0.05, 0.1) is 6.10 Å². The fourth-order valence-electron chi connectivity index (χ4n) is 1.57. The first-order valence-corrected chi connectivity index (χ1v) is 7.03. The second-order valence-electron chi connectivity index (χ2n) is 6.40. The van der Waals surface area contributed by atoms with Gasteiger partial charge in [0.2, 0.25) is 0 Å². The molecule has 4 heteroatoms. The highest BCUT2D eigenvalue weighted by atomic mass is 16.3. The van der Waals surface area contributed by atoms with E-state index in [-0.39, 0.29) is 11.4 Å². The maximum Gasteiger partial charge on any atom is 0.319 e. The van der Waals surface area contributed by atoms with Crippen LogP contribution in [-0.2, 0) is 0 Å². The molecule has 0 aromatic heterocycles.